The van der Waals surface area contributed by atoms with Gasteiger partial charge in [0.2, 0.25) is 11.2 Å². The third-order valence-electron chi connectivity index (χ3n) is 4.78. The lowest BCUT2D eigenvalue weighted by atomic mass is 10.1. The van der Waals surface area contributed by atoms with E-state index in [1.165, 1.54) is 39.5 Å². The van der Waals surface area contributed by atoms with Crippen LogP contribution in [0.3, 0.4) is 0 Å². The van der Waals surface area contributed by atoms with E-state index in [1.54, 1.807) is 26.0 Å². The van der Waals surface area contributed by atoms with Gasteiger partial charge in [-0.1, -0.05) is 13.8 Å². The maximum atomic E-state index is 13.3. The summed E-state index contributed by atoms with van der Waals surface area (Å²) in [5.41, 5.74) is 0.0409. The van der Waals surface area contributed by atoms with E-state index in [9.17, 15) is 14.4 Å². The van der Waals surface area contributed by atoms with Gasteiger partial charge in [0.25, 0.3) is 0 Å². The number of fused-ring (bicyclic) bond motifs is 1. The monoisotopic (exact) mass is 456 g/mol. The van der Waals surface area contributed by atoms with E-state index in [2.05, 4.69) is 0 Å². The standard InChI is InChI=1S/C24H24O9/c1-6-19(25)31-15-9-8-13(10-16(15)29-4)23-24(30-5)22(27)21-17(32-20(26)7-2)11-14(28-3)12-18(21)33-23/h8-12H,6-7H2,1-5H3. The third kappa shape index (κ3) is 4.77. The molecule has 3 aromatic rings. The molecule has 0 bridgehead atoms. The number of methoxy groups -OCH3 is 3. The van der Waals surface area contributed by atoms with Gasteiger partial charge in [0.05, 0.1) is 21.3 Å². The predicted molar refractivity (Wildman–Crippen MR) is 119 cm³/mol. The fourth-order valence-electron chi connectivity index (χ4n) is 3.10. The van der Waals surface area contributed by atoms with Gasteiger partial charge in [-0.25, -0.2) is 0 Å². The zero-order valence-electron chi connectivity index (χ0n) is 19.0. The topological polar surface area (TPSA) is 110 Å². The van der Waals surface area contributed by atoms with E-state index in [4.69, 9.17) is 28.1 Å². The van der Waals surface area contributed by atoms with E-state index in [0.29, 0.717) is 11.3 Å². The fourth-order valence-corrected chi connectivity index (χ4v) is 3.10. The molecule has 0 spiro atoms. The van der Waals surface area contributed by atoms with E-state index >= 15 is 0 Å². The normalized spacial score (nSPS) is 10.6. The quantitative estimate of drug-likeness (QED) is 0.365. The average Bonchev–Trinajstić information content (AvgIpc) is 2.83. The second-order valence-electron chi connectivity index (χ2n) is 6.81. The minimum absolute atomic E-state index is 0.00852. The molecular weight excluding hydrogens is 432 g/mol. The molecule has 174 valence electrons. The molecule has 0 saturated heterocycles. The highest BCUT2D eigenvalue weighted by atomic mass is 16.6. The Bertz CT molecular complexity index is 1260. The zero-order valence-corrected chi connectivity index (χ0v) is 19.0. The van der Waals surface area contributed by atoms with Crippen molar-refractivity contribution in [3.05, 3.63) is 40.6 Å². The molecule has 0 unspecified atom stereocenters. The first-order chi connectivity index (χ1) is 15.9. The number of carbonyl (C=O) groups excluding carboxylic acids is 2. The smallest absolute Gasteiger partial charge is 0.311 e. The first-order valence-electron chi connectivity index (χ1n) is 10.2. The molecule has 0 aliphatic rings. The fraction of sp³-hybridized carbons (Fsp3) is 0.292. The van der Waals surface area contributed by atoms with Gasteiger partial charge in [0.1, 0.15) is 22.5 Å². The summed E-state index contributed by atoms with van der Waals surface area (Å²) < 4.78 is 32.6. The number of hydrogen-bond acceptors (Lipinski definition) is 9. The highest BCUT2D eigenvalue weighted by Crippen LogP contribution is 2.39. The lowest BCUT2D eigenvalue weighted by molar-refractivity contribution is -0.134. The van der Waals surface area contributed by atoms with Gasteiger partial charge in [-0.2, -0.15) is 0 Å². The van der Waals surface area contributed by atoms with Crippen LogP contribution in [-0.2, 0) is 9.59 Å². The number of rotatable bonds is 8. The summed E-state index contributed by atoms with van der Waals surface area (Å²) in [4.78, 5) is 36.9. The van der Waals surface area contributed by atoms with Crippen LogP contribution in [0.2, 0.25) is 0 Å². The highest BCUT2D eigenvalue weighted by molar-refractivity contribution is 5.91. The summed E-state index contributed by atoms with van der Waals surface area (Å²) in [7, 11) is 4.20. The predicted octanol–water partition coefficient (Wildman–Crippen LogP) is 4.12. The van der Waals surface area contributed by atoms with Gasteiger partial charge in [0.15, 0.2) is 17.3 Å². The van der Waals surface area contributed by atoms with Crippen molar-refractivity contribution in [3.8, 4) is 40.1 Å². The largest absolute Gasteiger partial charge is 0.496 e. The molecule has 9 nitrogen and oxygen atoms in total. The number of hydrogen-bond donors (Lipinski definition) is 0. The van der Waals surface area contributed by atoms with Crippen molar-refractivity contribution in [2.24, 2.45) is 0 Å². The van der Waals surface area contributed by atoms with Crippen molar-refractivity contribution in [1.82, 2.24) is 0 Å². The van der Waals surface area contributed by atoms with Crippen molar-refractivity contribution >= 4 is 22.9 Å². The van der Waals surface area contributed by atoms with Crippen molar-refractivity contribution < 1.29 is 37.7 Å². The van der Waals surface area contributed by atoms with Crippen molar-refractivity contribution in [2.45, 2.75) is 26.7 Å². The lowest BCUT2D eigenvalue weighted by Gasteiger charge is -2.14. The van der Waals surface area contributed by atoms with Gasteiger partial charge in [0, 0.05) is 30.5 Å². The van der Waals surface area contributed by atoms with Crippen molar-refractivity contribution in [1.29, 1.82) is 0 Å². The molecule has 3 rings (SSSR count). The summed E-state index contributed by atoms with van der Waals surface area (Å²) in [6.07, 6.45) is 0.319. The van der Waals surface area contributed by atoms with Crippen LogP contribution in [0, 0.1) is 0 Å². The van der Waals surface area contributed by atoms with Gasteiger partial charge in [-0.05, 0) is 18.2 Å². The average molecular weight is 456 g/mol. The first kappa shape index (κ1) is 23.6. The van der Waals surface area contributed by atoms with Crippen LogP contribution in [-0.4, -0.2) is 33.3 Å². The molecule has 1 heterocycles. The van der Waals surface area contributed by atoms with Crippen LogP contribution < -0.4 is 29.1 Å². The number of carbonyl (C=O) groups is 2. The summed E-state index contributed by atoms with van der Waals surface area (Å²) >= 11 is 0. The first-order valence-corrected chi connectivity index (χ1v) is 10.2. The maximum Gasteiger partial charge on any atom is 0.311 e. The summed E-state index contributed by atoms with van der Waals surface area (Å²) in [5.74, 6) is -0.0854. The molecule has 0 N–H and O–H groups in total. The maximum absolute atomic E-state index is 13.3. The summed E-state index contributed by atoms with van der Waals surface area (Å²) in [6.45, 7) is 3.32. The Hall–Kier alpha value is -4.01. The molecule has 1 aromatic heterocycles. The third-order valence-corrected chi connectivity index (χ3v) is 4.78. The molecule has 33 heavy (non-hydrogen) atoms. The Morgan fingerprint density at radius 3 is 2.06 bits per heavy atom. The molecule has 0 fully saturated rings. The van der Waals surface area contributed by atoms with Crippen LogP contribution in [0.1, 0.15) is 26.7 Å². The summed E-state index contributed by atoms with van der Waals surface area (Å²) in [5, 5.41) is 0.0404. The molecule has 9 heteroatoms. The zero-order chi connectivity index (χ0) is 24.1. The Labute approximate surface area is 189 Å². The molecule has 0 radical (unpaired) electrons. The van der Waals surface area contributed by atoms with Gasteiger partial charge < -0.3 is 28.1 Å². The van der Waals surface area contributed by atoms with E-state index in [0.717, 1.165) is 0 Å². The number of ether oxygens (including phenoxy) is 5. The number of benzene rings is 2. The van der Waals surface area contributed by atoms with E-state index < -0.39 is 17.4 Å². The van der Waals surface area contributed by atoms with E-state index in [1.807, 2.05) is 0 Å². The number of esters is 2. The molecule has 0 aliphatic carbocycles. The van der Waals surface area contributed by atoms with Crippen LogP contribution in [0.4, 0.5) is 0 Å². The van der Waals surface area contributed by atoms with Gasteiger partial charge >= 0.3 is 11.9 Å². The van der Waals surface area contributed by atoms with Crippen LogP contribution in [0.5, 0.6) is 28.7 Å². The molecule has 2 aromatic carbocycles. The van der Waals surface area contributed by atoms with Crippen LogP contribution in [0.15, 0.2) is 39.5 Å². The minimum atomic E-state index is -0.532. The molecular formula is C24H24O9. The molecule has 0 saturated carbocycles. The van der Waals surface area contributed by atoms with E-state index in [-0.39, 0.29) is 52.6 Å². The van der Waals surface area contributed by atoms with Crippen molar-refractivity contribution in [2.75, 3.05) is 21.3 Å². The molecule has 0 atom stereocenters. The Kier molecular flexibility index (Phi) is 7.22. The SMILES string of the molecule is CCC(=O)Oc1ccc(-c2oc3cc(OC)cc(OC(=O)CC)c3c(=O)c2OC)cc1OC. The Morgan fingerprint density at radius 2 is 1.48 bits per heavy atom. The lowest BCUT2D eigenvalue weighted by Crippen LogP contribution is -2.12. The van der Waals surface area contributed by atoms with Crippen molar-refractivity contribution in [3.63, 3.8) is 0 Å². The molecule has 0 amide bonds. The second kappa shape index (κ2) is 10.1. The van der Waals surface area contributed by atoms with Gasteiger partial charge in [-0.15, -0.1) is 0 Å². The highest BCUT2D eigenvalue weighted by Gasteiger charge is 2.23. The van der Waals surface area contributed by atoms with Crippen LogP contribution >= 0.6 is 0 Å². The van der Waals surface area contributed by atoms with Gasteiger partial charge in [-0.3, -0.25) is 14.4 Å². The Morgan fingerprint density at radius 1 is 0.818 bits per heavy atom. The Balaban J connectivity index is 2.25. The summed E-state index contributed by atoms with van der Waals surface area (Å²) in [6, 6.07) is 7.64. The second-order valence-corrected chi connectivity index (χ2v) is 6.81. The molecule has 0 aliphatic heterocycles. The van der Waals surface area contributed by atoms with Crippen LogP contribution in [0.25, 0.3) is 22.3 Å². The minimum Gasteiger partial charge on any atom is -0.496 e.